The topological polar surface area (TPSA) is 57.2 Å². The van der Waals surface area contributed by atoms with Gasteiger partial charge in [0.05, 0.1) is 11.8 Å². The fraction of sp³-hybridized carbons (Fsp3) is 0.250. The van der Waals surface area contributed by atoms with Crippen molar-refractivity contribution < 1.29 is 15.0 Å². The van der Waals surface area contributed by atoms with Crippen molar-refractivity contribution in [1.82, 2.24) is 0 Å². The molecule has 3 nitrogen and oxygen atoms in total. The van der Waals surface area contributed by atoms with Crippen LogP contribution in [0.25, 0.3) is 0 Å². The monoisotopic (exact) mass is 101 g/mol. The van der Waals surface area contributed by atoms with Crippen molar-refractivity contribution in [2.45, 2.75) is 6.92 Å². The van der Waals surface area contributed by atoms with Gasteiger partial charge in [-0.25, -0.2) is 9.90 Å². The van der Waals surface area contributed by atoms with Crippen LogP contribution in [-0.4, -0.2) is 11.1 Å². The van der Waals surface area contributed by atoms with Crippen molar-refractivity contribution in [2.75, 3.05) is 0 Å². The van der Waals surface area contributed by atoms with Crippen LogP contribution in [0.2, 0.25) is 0 Å². The minimum Gasteiger partial charge on any atom is -0.515 e. The molecule has 0 aromatic heterocycles. The van der Waals surface area contributed by atoms with E-state index in [2.05, 4.69) is 0 Å². The second-order valence-electron chi connectivity index (χ2n) is 1.10. The van der Waals surface area contributed by atoms with Crippen molar-refractivity contribution >= 4 is 5.97 Å². The standard InChI is InChI=1S/C4H5O3/c1-3(2-5)4(6)7/h2,5H,1H3. The Bertz CT molecular complexity index is 104. The summed E-state index contributed by atoms with van der Waals surface area (Å²) in [7, 11) is 0. The van der Waals surface area contributed by atoms with Gasteiger partial charge in [-0.1, -0.05) is 0 Å². The summed E-state index contributed by atoms with van der Waals surface area (Å²) in [6.07, 6.45) is 0.495. The Kier molecular flexibility index (Phi) is 1.91. The minimum atomic E-state index is -1.34. The highest BCUT2D eigenvalue weighted by Gasteiger charge is 1.99. The van der Waals surface area contributed by atoms with Gasteiger partial charge in [0, 0.05) is 0 Å². The van der Waals surface area contributed by atoms with Gasteiger partial charge < -0.3 is 5.11 Å². The van der Waals surface area contributed by atoms with Gasteiger partial charge >= 0.3 is 5.97 Å². The molecule has 1 radical (unpaired) electrons. The van der Waals surface area contributed by atoms with Crippen LogP contribution >= 0.6 is 0 Å². The van der Waals surface area contributed by atoms with Crippen molar-refractivity contribution in [3.8, 4) is 0 Å². The van der Waals surface area contributed by atoms with E-state index in [-0.39, 0.29) is 5.57 Å². The third kappa shape index (κ3) is 1.81. The number of hydrogen-bond acceptors (Lipinski definition) is 2. The van der Waals surface area contributed by atoms with Crippen LogP contribution in [0.3, 0.4) is 0 Å². The highest BCUT2D eigenvalue weighted by molar-refractivity contribution is 5.84. The molecule has 39 valence electrons. The molecule has 0 rings (SSSR count). The molecular formula is C4H5O3. The normalized spacial score (nSPS) is 11.3. The zero-order chi connectivity index (χ0) is 5.86. The van der Waals surface area contributed by atoms with E-state index in [1.165, 1.54) is 6.92 Å². The zero-order valence-corrected chi connectivity index (χ0v) is 3.84. The van der Waals surface area contributed by atoms with Crippen LogP contribution < -0.4 is 0 Å². The largest absolute Gasteiger partial charge is 0.515 e. The molecule has 0 heterocycles. The van der Waals surface area contributed by atoms with Crippen molar-refractivity contribution in [3.63, 3.8) is 0 Å². The second kappa shape index (κ2) is 2.23. The van der Waals surface area contributed by atoms with Gasteiger partial charge in [-0.05, 0) is 6.92 Å². The first kappa shape index (κ1) is 6.01. The van der Waals surface area contributed by atoms with Crippen LogP contribution in [0.5, 0.6) is 0 Å². The van der Waals surface area contributed by atoms with Gasteiger partial charge in [-0.15, -0.1) is 0 Å². The summed E-state index contributed by atoms with van der Waals surface area (Å²) < 4.78 is 0. The van der Waals surface area contributed by atoms with E-state index in [0.717, 1.165) is 0 Å². The van der Waals surface area contributed by atoms with Gasteiger partial charge in [-0.3, -0.25) is 0 Å². The van der Waals surface area contributed by atoms with E-state index in [0.29, 0.717) is 6.26 Å². The van der Waals surface area contributed by atoms with Crippen LogP contribution in [0.4, 0.5) is 0 Å². The molecule has 0 amide bonds. The Hall–Kier alpha value is -0.990. The summed E-state index contributed by atoms with van der Waals surface area (Å²) in [5.74, 6) is -1.34. The molecular weight excluding hydrogens is 96.0 g/mol. The van der Waals surface area contributed by atoms with E-state index < -0.39 is 5.97 Å². The van der Waals surface area contributed by atoms with Gasteiger partial charge in [0.1, 0.15) is 0 Å². The Morgan fingerprint density at radius 2 is 2.14 bits per heavy atom. The molecule has 0 fully saturated rings. The third-order valence-corrected chi connectivity index (χ3v) is 0.516. The van der Waals surface area contributed by atoms with Gasteiger partial charge in [-0.2, -0.15) is 0 Å². The molecule has 1 N–H and O–H groups in total. The highest BCUT2D eigenvalue weighted by atomic mass is 16.4. The van der Waals surface area contributed by atoms with Crippen LogP contribution in [0.15, 0.2) is 11.8 Å². The first-order chi connectivity index (χ1) is 3.18. The summed E-state index contributed by atoms with van der Waals surface area (Å²) >= 11 is 0. The molecule has 7 heavy (non-hydrogen) atoms. The number of rotatable bonds is 1. The Labute approximate surface area is 40.9 Å². The molecule has 0 aliphatic rings. The van der Waals surface area contributed by atoms with E-state index in [9.17, 15) is 9.90 Å². The maximum atomic E-state index is 9.59. The van der Waals surface area contributed by atoms with Crippen molar-refractivity contribution in [3.05, 3.63) is 11.8 Å². The molecule has 0 bridgehead atoms. The summed E-state index contributed by atoms with van der Waals surface area (Å²) in [4.78, 5) is 9.59. The van der Waals surface area contributed by atoms with Gasteiger partial charge in [0.15, 0.2) is 0 Å². The highest BCUT2D eigenvalue weighted by Crippen LogP contribution is 1.86. The Morgan fingerprint density at radius 3 is 2.14 bits per heavy atom. The lowest BCUT2D eigenvalue weighted by Crippen LogP contribution is -1.92. The van der Waals surface area contributed by atoms with Gasteiger partial charge in [0.2, 0.25) is 0 Å². The van der Waals surface area contributed by atoms with Gasteiger partial charge in [0.25, 0.3) is 0 Å². The Balaban J connectivity index is 3.82. The lowest BCUT2D eigenvalue weighted by molar-refractivity contribution is -0.138. The summed E-state index contributed by atoms with van der Waals surface area (Å²) in [6.45, 7) is 1.25. The molecule has 0 saturated carbocycles. The van der Waals surface area contributed by atoms with Crippen LogP contribution in [0.1, 0.15) is 6.92 Å². The second-order valence-corrected chi connectivity index (χ2v) is 1.10. The SMILES string of the molecule is CC(=CO)C([O])=O. The van der Waals surface area contributed by atoms with Crippen LogP contribution in [0, 0.1) is 0 Å². The number of aliphatic hydroxyl groups is 1. The summed E-state index contributed by atoms with van der Waals surface area (Å²) in [5, 5.41) is 17.5. The summed E-state index contributed by atoms with van der Waals surface area (Å²) in [5.41, 5.74) is -0.167. The van der Waals surface area contributed by atoms with E-state index in [4.69, 9.17) is 5.11 Å². The first-order valence-corrected chi connectivity index (χ1v) is 1.71. The summed E-state index contributed by atoms with van der Waals surface area (Å²) in [6, 6.07) is 0. The van der Waals surface area contributed by atoms with E-state index in [1.807, 2.05) is 0 Å². The first-order valence-electron chi connectivity index (χ1n) is 1.71. The molecule has 0 spiro atoms. The molecule has 0 aliphatic heterocycles. The number of carbonyl (C=O) groups is 1. The number of hydrogen-bond donors (Lipinski definition) is 1. The average Bonchev–Trinajstić information content (AvgIpc) is 1.65. The third-order valence-electron chi connectivity index (χ3n) is 0.516. The molecule has 0 aromatic carbocycles. The zero-order valence-electron chi connectivity index (χ0n) is 3.84. The van der Waals surface area contributed by atoms with Crippen LogP contribution in [-0.2, 0) is 9.90 Å². The predicted molar refractivity (Wildman–Crippen MR) is 22.1 cm³/mol. The molecule has 0 aromatic rings. The molecule has 0 aliphatic carbocycles. The predicted octanol–water partition coefficient (Wildman–Crippen LogP) is 0.405. The quantitative estimate of drug-likeness (QED) is 0.384. The smallest absolute Gasteiger partial charge is 0.385 e. The molecule has 0 saturated heterocycles. The minimum absolute atomic E-state index is 0.167. The molecule has 3 heteroatoms. The van der Waals surface area contributed by atoms with Crippen molar-refractivity contribution in [2.24, 2.45) is 0 Å². The lowest BCUT2D eigenvalue weighted by Gasteiger charge is -1.79. The van der Waals surface area contributed by atoms with E-state index >= 15 is 0 Å². The van der Waals surface area contributed by atoms with Crippen molar-refractivity contribution in [1.29, 1.82) is 0 Å². The molecule has 0 atom stereocenters. The average molecular weight is 101 g/mol. The molecule has 0 unspecified atom stereocenters. The Morgan fingerprint density at radius 1 is 1.71 bits per heavy atom. The fourth-order valence-corrected chi connectivity index (χ4v) is 0.0527. The number of aliphatic hydroxyl groups excluding tert-OH is 1. The fourth-order valence-electron chi connectivity index (χ4n) is 0.0527. The lowest BCUT2D eigenvalue weighted by atomic mass is 10.4. The maximum Gasteiger partial charge on any atom is 0.385 e. The number of carbonyl (C=O) groups excluding carboxylic acids is 1. The maximum absolute atomic E-state index is 9.59. The van der Waals surface area contributed by atoms with E-state index in [1.54, 1.807) is 0 Å².